The molecule has 1 amide bonds. The first-order chi connectivity index (χ1) is 10.2. The van der Waals surface area contributed by atoms with Gasteiger partial charge in [-0.2, -0.15) is 5.10 Å². The van der Waals surface area contributed by atoms with E-state index in [9.17, 15) is 9.90 Å². The van der Waals surface area contributed by atoms with Crippen molar-refractivity contribution in [3.63, 3.8) is 0 Å². The molecule has 0 radical (unpaired) electrons. The van der Waals surface area contributed by atoms with Crippen LogP contribution in [0.5, 0.6) is 0 Å². The average Bonchev–Trinajstić information content (AvgIpc) is 3.10. The third kappa shape index (κ3) is 3.13. The maximum atomic E-state index is 12.1. The van der Waals surface area contributed by atoms with Gasteiger partial charge in [-0.3, -0.25) is 9.48 Å². The molecule has 1 saturated carbocycles. The first-order valence-corrected chi connectivity index (χ1v) is 7.27. The number of nitrogens with zero attached hydrogens (tertiary/aromatic N) is 2. The molecule has 0 atom stereocenters. The van der Waals surface area contributed by atoms with Crippen molar-refractivity contribution in [1.82, 2.24) is 9.78 Å². The Labute approximate surface area is 123 Å². The van der Waals surface area contributed by atoms with Crippen LogP contribution in [-0.2, 0) is 11.3 Å². The lowest BCUT2D eigenvalue weighted by Gasteiger charge is -2.19. The van der Waals surface area contributed by atoms with Gasteiger partial charge in [-0.15, -0.1) is 0 Å². The van der Waals surface area contributed by atoms with E-state index in [0.717, 1.165) is 18.4 Å². The minimum absolute atomic E-state index is 0.343. The molecule has 0 bridgehead atoms. The molecule has 1 aromatic carbocycles. The third-order valence-corrected chi connectivity index (χ3v) is 3.92. The van der Waals surface area contributed by atoms with Gasteiger partial charge in [0.1, 0.15) is 5.60 Å². The van der Waals surface area contributed by atoms with Gasteiger partial charge < -0.3 is 10.4 Å². The molecule has 1 fully saturated rings. The average molecular weight is 285 g/mol. The molecule has 2 N–H and O–H groups in total. The molecular weight excluding hydrogens is 266 g/mol. The molecule has 0 unspecified atom stereocenters. The van der Waals surface area contributed by atoms with Crippen molar-refractivity contribution >= 4 is 11.7 Å². The Balaban J connectivity index is 1.64. The van der Waals surface area contributed by atoms with Crippen molar-refractivity contribution in [2.45, 2.75) is 37.8 Å². The van der Waals surface area contributed by atoms with Gasteiger partial charge in [-0.1, -0.05) is 30.3 Å². The van der Waals surface area contributed by atoms with Gasteiger partial charge in [0.05, 0.1) is 6.54 Å². The summed E-state index contributed by atoms with van der Waals surface area (Å²) in [5.74, 6) is 0.140. The molecule has 2 aromatic rings. The van der Waals surface area contributed by atoms with E-state index in [4.69, 9.17) is 0 Å². The summed E-state index contributed by atoms with van der Waals surface area (Å²) in [6.07, 6.45) is 4.67. The van der Waals surface area contributed by atoms with E-state index >= 15 is 0 Å². The van der Waals surface area contributed by atoms with Crippen LogP contribution in [0.15, 0.2) is 42.6 Å². The topological polar surface area (TPSA) is 67.2 Å². The summed E-state index contributed by atoms with van der Waals surface area (Å²) in [7, 11) is 0. The molecule has 0 aliphatic heterocycles. The minimum atomic E-state index is -1.22. The highest BCUT2D eigenvalue weighted by Gasteiger charge is 2.39. The van der Waals surface area contributed by atoms with Crippen LogP contribution in [0, 0.1) is 0 Å². The van der Waals surface area contributed by atoms with Crippen LogP contribution < -0.4 is 5.32 Å². The first-order valence-electron chi connectivity index (χ1n) is 7.27. The van der Waals surface area contributed by atoms with E-state index in [0.29, 0.717) is 25.2 Å². The smallest absolute Gasteiger partial charge is 0.257 e. The zero-order chi connectivity index (χ0) is 14.7. The predicted molar refractivity (Wildman–Crippen MR) is 79.8 cm³/mol. The van der Waals surface area contributed by atoms with E-state index in [2.05, 4.69) is 10.4 Å². The van der Waals surface area contributed by atoms with Crippen LogP contribution in [0.4, 0.5) is 5.82 Å². The van der Waals surface area contributed by atoms with Crippen molar-refractivity contribution in [2.24, 2.45) is 0 Å². The Morgan fingerprint density at radius 2 is 1.95 bits per heavy atom. The highest BCUT2D eigenvalue weighted by atomic mass is 16.3. The number of rotatable bonds is 4. The monoisotopic (exact) mass is 285 g/mol. The van der Waals surface area contributed by atoms with Gasteiger partial charge in [0, 0.05) is 12.3 Å². The van der Waals surface area contributed by atoms with Gasteiger partial charge in [-0.05, 0) is 31.2 Å². The Hall–Kier alpha value is -2.14. The fourth-order valence-corrected chi connectivity index (χ4v) is 2.71. The summed E-state index contributed by atoms with van der Waals surface area (Å²) in [6, 6.07) is 11.7. The summed E-state index contributed by atoms with van der Waals surface area (Å²) in [5.41, 5.74) is -0.0728. The third-order valence-electron chi connectivity index (χ3n) is 3.92. The van der Waals surface area contributed by atoms with E-state index in [1.165, 1.54) is 0 Å². The van der Waals surface area contributed by atoms with Crippen molar-refractivity contribution in [3.8, 4) is 0 Å². The Bertz CT molecular complexity index is 615. The normalized spacial score (nSPS) is 16.8. The lowest BCUT2D eigenvalue weighted by atomic mass is 10.0. The maximum Gasteiger partial charge on any atom is 0.257 e. The highest BCUT2D eigenvalue weighted by molar-refractivity contribution is 5.96. The van der Waals surface area contributed by atoms with Crippen LogP contribution >= 0.6 is 0 Å². The maximum absolute atomic E-state index is 12.1. The van der Waals surface area contributed by atoms with Crippen molar-refractivity contribution < 1.29 is 9.90 Å². The lowest BCUT2D eigenvalue weighted by Crippen LogP contribution is -2.40. The van der Waals surface area contributed by atoms with Gasteiger partial charge in [0.2, 0.25) is 0 Å². The van der Waals surface area contributed by atoms with Crippen LogP contribution in [0.1, 0.15) is 31.2 Å². The summed E-state index contributed by atoms with van der Waals surface area (Å²) in [6.45, 7) is 0.654. The number of hydrogen-bond acceptors (Lipinski definition) is 3. The quantitative estimate of drug-likeness (QED) is 0.904. The number of aromatic nitrogens is 2. The summed E-state index contributed by atoms with van der Waals surface area (Å²) in [4.78, 5) is 12.1. The highest BCUT2D eigenvalue weighted by Crippen LogP contribution is 2.30. The Kier molecular flexibility index (Phi) is 3.75. The van der Waals surface area contributed by atoms with Crippen molar-refractivity contribution in [2.75, 3.05) is 5.32 Å². The van der Waals surface area contributed by atoms with Crippen molar-refractivity contribution in [3.05, 3.63) is 48.2 Å². The van der Waals surface area contributed by atoms with Gasteiger partial charge in [0.15, 0.2) is 5.82 Å². The summed E-state index contributed by atoms with van der Waals surface area (Å²) >= 11 is 0. The van der Waals surface area contributed by atoms with Gasteiger partial charge in [-0.25, -0.2) is 0 Å². The van der Waals surface area contributed by atoms with Crippen molar-refractivity contribution in [1.29, 1.82) is 0 Å². The fraction of sp³-hybridized carbons (Fsp3) is 0.375. The molecule has 1 heterocycles. The van der Waals surface area contributed by atoms with Crippen LogP contribution in [0.3, 0.4) is 0 Å². The van der Waals surface area contributed by atoms with Gasteiger partial charge >= 0.3 is 0 Å². The van der Waals surface area contributed by atoms with Crippen LogP contribution in [-0.4, -0.2) is 26.4 Å². The second kappa shape index (κ2) is 5.69. The molecular formula is C16H19N3O2. The van der Waals surface area contributed by atoms with E-state index in [-0.39, 0.29) is 5.91 Å². The number of carbonyl (C=O) groups is 1. The number of aliphatic hydroxyl groups is 1. The molecule has 1 aliphatic rings. The standard InChI is InChI=1S/C16H19N3O2/c20-15(16(21)9-4-5-10-16)17-14-8-11-19(18-14)12-13-6-2-1-3-7-13/h1-3,6-8,11,21H,4-5,9-10,12H2,(H,17,18,20). The van der Waals surface area contributed by atoms with Crippen LogP contribution in [0.2, 0.25) is 0 Å². The zero-order valence-corrected chi connectivity index (χ0v) is 11.8. The zero-order valence-electron chi connectivity index (χ0n) is 11.8. The number of amides is 1. The number of hydrogen-bond donors (Lipinski definition) is 2. The Morgan fingerprint density at radius 3 is 2.67 bits per heavy atom. The summed E-state index contributed by atoms with van der Waals surface area (Å²) in [5, 5.41) is 17.2. The first kappa shape index (κ1) is 13.8. The molecule has 5 heteroatoms. The van der Waals surface area contributed by atoms with E-state index in [1.807, 2.05) is 36.5 Å². The second-order valence-corrected chi connectivity index (χ2v) is 5.58. The van der Waals surface area contributed by atoms with Gasteiger partial charge in [0.25, 0.3) is 5.91 Å². The van der Waals surface area contributed by atoms with Crippen LogP contribution in [0.25, 0.3) is 0 Å². The second-order valence-electron chi connectivity index (χ2n) is 5.58. The number of benzene rings is 1. The summed E-state index contributed by atoms with van der Waals surface area (Å²) < 4.78 is 1.77. The molecule has 5 nitrogen and oxygen atoms in total. The predicted octanol–water partition coefficient (Wildman–Crippen LogP) is 2.17. The lowest BCUT2D eigenvalue weighted by molar-refractivity contribution is -0.133. The molecule has 1 aliphatic carbocycles. The fourth-order valence-electron chi connectivity index (χ4n) is 2.71. The molecule has 110 valence electrons. The molecule has 3 rings (SSSR count). The van der Waals surface area contributed by atoms with E-state index in [1.54, 1.807) is 10.7 Å². The molecule has 0 saturated heterocycles. The minimum Gasteiger partial charge on any atom is -0.380 e. The number of nitrogens with one attached hydrogen (secondary N) is 1. The molecule has 1 aromatic heterocycles. The largest absolute Gasteiger partial charge is 0.380 e. The van der Waals surface area contributed by atoms with E-state index < -0.39 is 5.60 Å². The molecule has 21 heavy (non-hydrogen) atoms. The number of anilines is 1. The molecule has 0 spiro atoms. The Morgan fingerprint density at radius 1 is 1.24 bits per heavy atom. The SMILES string of the molecule is O=C(Nc1ccn(Cc2ccccc2)n1)C1(O)CCCC1. The number of carbonyl (C=O) groups excluding carboxylic acids is 1.